The number of aromatic nitrogens is 1. The van der Waals surface area contributed by atoms with Gasteiger partial charge in [0.2, 0.25) is 5.60 Å². The van der Waals surface area contributed by atoms with Crippen LogP contribution in [0.15, 0.2) is 193 Å². The number of oxime groups is 1. The first-order valence-electron chi connectivity index (χ1n) is 16.5. The number of hydrogen-bond donors (Lipinski definition) is 1. The molecule has 0 fully saturated rings. The molecule has 0 amide bonds. The fraction of sp³-hybridized carbons (Fsp3) is 0.0682. The second-order valence-corrected chi connectivity index (χ2v) is 12.7. The quantitative estimate of drug-likeness (QED) is 0.0799. The zero-order chi connectivity index (χ0) is 34.2. The average molecular weight is 670 g/mol. The van der Waals surface area contributed by atoms with Crippen molar-refractivity contribution in [2.45, 2.75) is 18.1 Å². The van der Waals surface area contributed by atoms with Crippen LogP contribution in [0.1, 0.15) is 46.0 Å². The highest BCUT2D eigenvalue weighted by atomic mass is 32.1. The van der Waals surface area contributed by atoms with Crippen molar-refractivity contribution >= 4 is 28.0 Å². The van der Waals surface area contributed by atoms with Crippen LogP contribution in [-0.2, 0) is 20.8 Å². The predicted molar refractivity (Wildman–Crippen MR) is 202 cm³/mol. The first kappa shape index (κ1) is 32.4. The number of ketones is 1. The van der Waals surface area contributed by atoms with Gasteiger partial charge in [0.05, 0.1) is 0 Å². The number of thiazole rings is 1. The number of hydrogen-bond acceptors (Lipinski definition) is 6. The second-order valence-electron chi connectivity index (χ2n) is 11.9. The van der Waals surface area contributed by atoms with E-state index in [9.17, 15) is 4.79 Å². The lowest BCUT2D eigenvalue weighted by Gasteiger charge is -2.36. The van der Waals surface area contributed by atoms with E-state index >= 15 is 0 Å². The summed E-state index contributed by atoms with van der Waals surface area (Å²) < 4.78 is 0. The Morgan fingerprint density at radius 3 is 1.24 bits per heavy atom. The van der Waals surface area contributed by atoms with Gasteiger partial charge in [-0.25, -0.2) is 4.98 Å². The summed E-state index contributed by atoms with van der Waals surface area (Å²) in [4.78, 5) is 25.0. The first-order chi connectivity index (χ1) is 24.6. The third-order valence-corrected chi connectivity index (χ3v) is 9.57. The van der Waals surface area contributed by atoms with Crippen LogP contribution in [0.2, 0.25) is 0 Å². The average Bonchev–Trinajstić information content (AvgIpc) is 3.65. The van der Waals surface area contributed by atoms with Crippen molar-refractivity contribution in [3.8, 4) is 0 Å². The highest BCUT2D eigenvalue weighted by molar-refractivity contribution is 7.14. The molecule has 5 nitrogen and oxygen atoms in total. The Labute approximate surface area is 296 Å². The molecule has 6 heteroatoms. The zero-order valence-corrected chi connectivity index (χ0v) is 28.3. The first-order valence-corrected chi connectivity index (χ1v) is 17.3. The van der Waals surface area contributed by atoms with Crippen molar-refractivity contribution in [1.29, 1.82) is 0 Å². The molecular weight excluding hydrogens is 635 g/mol. The second kappa shape index (κ2) is 14.6. The summed E-state index contributed by atoms with van der Waals surface area (Å²) in [7, 11) is 0. The van der Waals surface area contributed by atoms with E-state index in [1.807, 2.05) is 151 Å². The van der Waals surface area contributed by atoms with Crippen molar-refractivity contribution in [2.75, 3.05) is 5.32 Å². The highest BCUT2D eigenvalue weighted by Crippen LogP contribution is 2.42. The van der Waals surface area contributed by atoms with Gasteiger partial charge < -0.3 is 10.2 Å². The van der Waals surface area contributed by atoms with Gasteiger partial charge >= 0.3 is 0 Å². The van der Waals surface area contributed by atoms with Gasteiger partial charge in [0, 0.05) is 29.0 Å². The maximum absolute atomic E-state index is 13.4. The van der Waals surface area contributed by atoms with Crippen LogP contribution in [0, 0.1) is 0 Å². The lowest BCUT2D eigenvalue weighted by molar-refractivity contribution is -0.111. The molecule has 1 N–H and O–H groups in total. The number of nitrogens with zero attached hydrogens (tertiary/aromatic N) is 2. The van der Waals surface area contributed by atoms with Crippen molar-refractivity contribution in [1.82, 2.24) is 4.98 Å². The topological polar surface area (TPSA) is 63.6 Å². The number of benzene rings is 6. The standard InChI is InChI=1S/C44H35N3O2S/c1-33(48)41(47-49-44(37-26-14-5-15-27-37,38-28-16-6-17-29-38)39-30-18-7-19-31-39)40-32-50-42(45-40)46-43(34-20-8-2-9-21-34,35-22-10-3-11-23-35)36-24-12-4-13-25-36/h2-32H,1H3,(H,45,46)/b47-41+. The number of carbonyl (C=O) groups excluding carboxylic acids is 1. The Morgan fingerprint density at radius 1 is 0.560 bits per heavy atom. The van der Waals surface area contributed by atoms with E-state index in [4.69, 9.17) is 9.82 Å². The van der Waals surface area contributed by atoms with Crippen molar-refractivity contribution in [3.05, 3.63) is 226 Å². The molecule has 50 heavy (non-hydrogen) atoms. The number of rotatable bonds is 12. The molecular formula is C44H35N3O2S. The zero-order valence-electron chi connectivity index (χ0n) is 27.5. The minimum Gasteiger partial charge on any atom is -0.374 e. The van der Waals surface area contributed by atoms with E-state index < -0.39 is 11.1 Å². The fourth-order valence-corrected chi connectivity index (χ4v) is 7.21. The summed E-state index contributed by atoms with van der Waals surface area (Å²) >= 11 is 1.42. The van der Waals surface area contributed by atoms with E-state index in [1.54, 1.807) is 0 Å². The summed E-state index contributed by atoms with van der Waals surface area (Å²) in [6.07, 6.45) is 0. The van der Waals surface area contributed by atoms with Crippen LogP contribution >= 0.6 is 11.3 Å². The van der Waals surface area contributed by atoms with Crippen molar-refractivity contribution < 1.29 is 9.63 Å². The summed E-state index contributed by atoms with van der Waals surface area (Å²) in [5.41, 5.74) is 4.44. The van der Waals surface area contributed by atoms with Gasteiger partial charge in [0.15, 0.2) is 16.6 Å². The number of nitrogens with one attached hydrogen (secondary N) is 1. The summed E-state index contributed by atoms with van der Waals surface area (Å²) in [6, 6.07) is 60.9. The molecule has 0 saturated carbocycles. The van der Waals surface area contributed by atoms with Crippen LogP contribution in [-0.4, -0.2) is 16.5 Å². The highest BCUT2D eigenvalue weighted by Gasteiger charge is 2.40. The van der Waals surface area contributed by atoms with Crippen LogP contribution in [0.4, 0.5) is 5.13 Å². The van der Waals surface area contributed by atoms with Gasteiger partial charge in [-0.15, -0.1) is 11.3 Å². The molecule has 0 aliphatic heterocycles. The Hall–Kier alpha value is -6.11. The lowest BCUT2D eigenvalue weighted by Crippen LogP contribution is -2.38. The summed E-state index contributed by atoms with van der Waals surface area (Å²) in [5.74, 6) is -0.259. The lowest BCUT2D eigenvalue weighted by atomic mass is 9.77. The Kier molecular flexibility index (Phi) is 9.45. The number of carbonyl (C=O) groups is 1. The SMILES string of the molecule is CC(=O)/C(=N\OC(c1ccccc1)(c1ccccc1)c1ccccc1)c1csc(NC(c2ccccc2)(c2ccccc2)c2ccccc2)n1. The molecule has 0 atom stereocenters. The van der Waals surface area contributed by atoms with E-state index in [2.05, 4.69) is 46.9 Å². The molecule has 244 valence electrons. The molecule has 0 saturated heterocycles. The third kappa shape index (κ3) is 6.25. The molecule has 0 aliphatic carbocycles. The number of Topliss-reactive ketones (excluding diaryl/α,β-unsaturated/α-hetero) is 1. The largest absolute Gasteiger partial charge is 0.374 e. The van der Waals surface area contributed by atoms with Gasteiger partial charge in [-0.05, 0) is 16.7 Å². The summed E-state index contributed by atoms with van der Waals surface area (Å²) in [5, 5.41) is 11.0. The molecule has 7 aromatic rings. The molecule has 6 aromatic carbocycles. The Balaban J connectivity index is 1.34. The summed E-state index contributed by atoms with van der Waals surface area (Å²) in [6.45, 7) is 1.49. The van der Waals surface area contributed by atoms with E-state index in [1.165, 1.54) is 18.3 Å². The number of anilines is 1. The van der Waals surface area contributed by atoms with E-state index in [0.717, 1.165) is 33.4 Å². The molecule has 0 spiro atoms. The molecule has 0 bridgehead atoms. The molecule has 0 unspecified atom stereocenters. The van der Waals surface area contributed by atoms with Gasteiger partial charge in [0.1, 0.15) is 11.2 Å². The van der Waals surface area contributed by atoms with Gasteiger partial charge in [-0.1, -0.05) is 187 Å². The predicted octanol–water partition coefficient (Wildman–Crippen LogP) is 9.85. The van der Waals surface area contributed by atoms with Crippen LogP contribution in [0.25, 0.3) is 0 Å². The van der Waals surface area contributed by atoms with Crippen LogP contribution < -0.4 is 5.32 Å². The molecule has 0 aliphatic rings. The van der Waals surface area contributed by atoms with Crippen LogP contribution in [0.5, 0.6) is 0 Å². The van der Waals surface area contributed by atoms with E-state index in [0.29, 0.717) is 10.8 Å². The van der Waals surface area contributed by atoms with Crippen molar-refractivity contribution in [3.63, 3.8) is 0 Å². The normalized spacial score (nSPS) is 11.9. The molecule has 1 heterocycles. The van der Waals surface area contributed by atoms with Gasteiger partial charge in [-0.2, -0.15) is 0 Å². The molecule has 1 aromatic heterocycles. The van der Waals surface area contributed by atoms with Crippen molar-refractivity contribution in [2.24, 2.45) is 5.16 Å². The molecule has 7 rings (SSSR count). The molecule has 0 radical (unpaired) electrons. The minimum absolute atomic E-state index is 0.131. The fourth-order valence-electron chi connectivity index (χ4n) is 6.46. The third-order valence-electron chi connectivity index (χ3n) is 8.81. The monoisotopic (exact) mass is 669 g/mol. The Bertz CT molecular complexity index is 1980. The smallest absolute Gasteiger partial charge is 0.212 e. The van der Waals surface area contributed by atoms with Gasteiger partial charge in [0.25, 0.3) is 0 Å². The van der Waals surface area contributed by atoms with Gasteiger partial charge in [-0.3, -0.25) is 4.79 Å². The Morgan fingerprint density at radius 2 is 0.900 bits per heavy atom. The maximum Gasteiger partial charge on any atom is 0.212 e. The van der Waals surface area contributed by atoms with E-state index in [-0.39, 0.29) is 11.5 Å². The minimum atomic E-state index is -1.13. The maximum atomic E-state index is 13.4. The van der Waals surface area contributed by atoms with Crippen LogP contribution in [0.3, 0.4) is 0 Å².